The highest BCUT2D eigenvalue weighted by Crippen LogP contribution is 2.25. The highest BCUT2D eigenvalue weighted by atomic mass is 35.5. The first kappa shape index (κ1) is 23.7. The van der Waals surface area contributed by atoms with Crippen LogP contribution >= 0.6 is 23.4 Å². The van der Waals surface area contributed by atoms with E-state index >= 15 is 0 Å². The molecule has 7 nitrogen and oxygen atoms in total. The van der Waals surface area contributed by atoms with Gasteiger partial charge in [-0.15, -0.1) is 10.2 Å². The van der Waals surface area contributed by atoms with Crippen molar-refractivity contribution < 1.29 is 14.3 Å². The summed E-state index contributed by atoms with van der Waals surface area (Å²) in [7, 11) is 0. The highest BCUT2D eigenvalue weighted by Gasteiger charge is 2.17. The summed E-state index contributed by atoms with van der Waals surface area (Å²) in [6.45, 7) is 2.75. The van der Waals surface area contributed by atoms with Crippen molar-refractivity contribution in [3.63, 3.8) is 0 Å². The molecule has 9 heteroatoms. The van der Waals surface area contributed by atoms with Gasteiger partial charge in [0.1, 0.15) is 18.1 Å². The molecule has 4 rings (SSSR count). The van der Waals surface area contributed by atoms with Crippen LogP contribution in [0.3, 0.4) is 0 Å². The Bertz CT molecular complexity index is 1230. The maximum Gasteiger partial charge on any atom is 0.234 e. The maximum atomic E-state index is 12.5. The zero-order chi connectivity index (χ0) is 23.8. The van der Waals surface area contributed by atoms with Gasteiger partial charge in [-0.2, -0.15) is 0 Å². The van der Waals surface area contributed by atoms with Crippen molar-refractivity contribution in [1.82, 2.24) is 14.8 Å². The van der Waals surface area contributed by atoms with Gasteiger partial charge in [0.25, 0.3) is 0 Å². The summed E-state index contributed by atoms with van der Waals surface area (Å²) in [6.07, 6.45) is 0. The number of nitrogens with zero attached hydrogens (tertiary/aromatic N) is 3. The van der Waals surface area contributed by atoms with E-state index in [9.17, 15) is 4.79 Å². The number of aromatic nitrogens is 3. The third-order valence-electron chi connectivity index (χ3n) is 4.66. The largest absolute Gasteiger partial charge is 0.494 e. The van der Waals surface area contributed by atoms with Crippen molar-refractivity contribution in [3.05, 3.63) is 89.7 Å². The van der Waals surface area contributed by atoms with Crippen LogP contribution in [0.5, 0.6) is 11.5 Å². The lowest BCUT2D eigenvalue weighted by atomic mass is 10.3. The molecule has 34 heavy (non-hydrogen) atoms. The monoisotopic (exact) mass is 494 g/mol. The number of benzene rings is 3. The molecule has 0 fully saturated rings. The topological polar surface area (TPSA) is 78.3 Å². The number of ether oxygens (including phenoxy) is 2. The first-order valence-corrected chi connectivity index (χ1v) is 12.0. The first-order chi connectivity index (χ1) is 16.6. The number of amides is 1. The third-order valence-corrected chi connectivity index (χ3v) is 5.82. The minimum atomic E-state index is -0.171. The molecule has 0 spiro atoms. The van der Waals surface area contributed by atoms with Crippen LogP contribution in [0.2, 0.25) is 5.02 Å². The van der Waals surface area contributed by atoms with Gasteiger partial charge in [0.2, 0.25) is 5.91 Å². The van der Waals surface area contributed by atoms with Crippen LogP contribution in [-0.2, 0) is 11.4 Å². The van der Waals surface area contributed by atoms with E-state index in [-0.39, 0.29) is 18.3 Å². The lowest BCUT2D eigenvalue weighted by molar-refractivity contribution is -0.113. The number of rotatable bonds is 10. The summed E-state index contributed by atoms with van der Waals surface area (Å²) >= 11 is 7.29. The van der Waals surface area contributed by atoms with Gasteiger partial charge in [-0.1, -0.05) is 47.6 Å². The molecule has 0 aliphatic rings. The van der Waals surface area contributed by atoms with Crippen LogP contribution in [0.1, 0.15) is 12.7 Å². The van der Waals surface area contributed by atoms with Gasteiger partial charge < -0.3 is 14.8 Å². The lowest BCUT2D eigenvalue weighted by Crippen LogP contribution is -2.14. The van der Waals surface area contributed by atoms with Crippen LogP contribution in [0.25, 0.3) is 5.69 Å². The van der Waals surface area contributed by atoms with Crippen molar-refractivity contribution >= 4 is 35.0 Å². The average molecular weight is 495 g/mol. The lowest BCUT2D eigenvalue weighted by Gasteiger charge is -2.12. The van der Waals surface area contributed by atoms with Crippen molar-refractivity contribution in [2.24, 2.45) is 0 Å². The Hall–Kier alpha value is -3.49. The molecule has 0 saturated heterocycles. The molecule has 0 radical (unpaired) electrons. The van der Waals surface area contributed by atoms with E-state index in [1.54, 1.807) is 24.3 Å². The van der Waals surface area contributed by atoms with Gasteiger partial charge in [0.15, 0.2) is 11.0 Å². The Kier molecular flexibility index (Phi) is 8.06. The van der Waals surface area contributed by atoms with Crippen molar-refractivity contribution in [2.45, 2.75) is 18.7 Å². The first-order valence-electron chi connectivity index (χ1n) is 10.7. The van der Waals surface area contributed by atoms with Gasteiger partial charge in [-0.05, 0) is 61.5 Å². The Labute approximate surface area is 207 Å². The van der Waals surface area contributed by atoms with E-state index in [0.717, 1.165) is 17.2 Å². The Morgan fingerprint density at radius 2 is 1.74 bits per heavy atom. The molecule has 0 aliphatic heterocycles. The van der Waals surface area contributed by atoms with Gasteiger partial charge in [-0.25, -0.2) is 0 Å². The summed E-state index contributed by atoms with van der Waals surface area (Å²) in [5, 5.41) is 12.6. The molecule has 4 aromatic rings. The fraction of sp³-hybridized carbons (Fsp3) is 0.160. The van der Waals surface area contributed by atoms with Crippen molar-refractivity contribution in [2.75, 3.05) is 17.7 Å². The van der Waals surface area contributed by atoms with E-state index < -0.39 is 0 Å². The normalized spacial score (nSPS) is 10.6. The molecule has 0 unspecified atom stereocenters. The summed E-state index contributed by atoms with van der Waals surface area (Å²) < 4.78 is 13.3. The van der Waals surface area contributed by atoms with E-state index in [0.29, 0.717) is 28.3 Å². The second-order valence-corrected chi connectivity index (χ2v) is 8.49. The number of halogens is 1. The number of anilines is 1. The van der Waals surface area contributed by atoms with Gasteiger partial charge in [0.05, 0.1) is 12.4 Å². The summed E-state index contributed by atoms with van der Waals surface area (Å²) in [6, 6.07) is 24.2. The van der Waals surface area contributed by atoms with Crippen LogP contribution in [0, 0.1) is 0 Å². The zero-order valence-corrected chi connectivity index (χ0v) is 20.1. The molecule has 0 atom stereocenters. The molecule has 1 aromatic heterocycles. The molecule has 0 bridgehead atoms. The van der Waals surface area contributed by atoms with Gasteiger partial charge >= 0.3 is 0 Å². The highest BCUT2D eigenvalue weighted by molar-refractivity contribution is 7.99. The number of thioether (sulfide) groups is 1. The predicted octanol–water partition coefficient (Wildman–Crippen LogP) is 5.63. The van der Waals surface area contributed by atoms with Crippen LogP contribution in [-0.4, -0.2) is 33.0 Å². The quantitative estimate of drug-likeness (QED) is 0.288. The number of hydrogen-bond acceptors (Lipinski definition) is 6. The maximum absolute atomic E-state index is 12.5. The fourth-order valence-electron chi connectivity index (χ4n) is 3.16. The van der Waals surface area contributed by atoms with Crippen molar-refractivity contribution in [3.8, 4) is 17.2 Å². The zero-order valence-electron chi connectivity index (χ0n) is 18.5. The van der Waals surface area contributed by atoms with E-state index in [4.69, 9.17) is 21.1 Å². The van der Waals surface area contributed by atoms with E-state index in [1.165, 1.54) is 11.8 Å². The molecule has 1 N–H and O–H groups in total. The average Bonchev–Trinajstić information content (AvgIpc) is 3.25. The van der Waals surface area contributed by atoms with E-state index in [1.807, 2.05) is 66.1 Å². The number of carbonyl (C=O) groups is 1. The SMILES string of the molecule is CCOc1ccc(-n2c(COc3ccccc3)nnc2SCC(=O)Nc2cccc(Cl)c2)cc1. The van der Waals surface area contributed by atoms with Crippen LogP contribution < -0.4 is 14.8 Å². The molecule has 0 aliphatic carbocycles. The Balaban J connectivity index is 1.52. The summed E-state index contributed by atoms with van der Waals surface area (Å²) in [5.41, 5.74) is 1.49. The van der Waals surface area contributed by atoms with E-state index in [2.05, 4.69) is 15.5 Å². The smallest absolute Gasteiger partial charge is 0.234 e. The Morgan fingerprint density at radius 3 is 2.47 bits per heavy atom. The minimum absolute atomic E-state index is 0.154. The second kappa shape index (κ2) is 11.6. The molecule has 1 amide bonds. The minimum Gasteiger partial charge on any atom is -0.494 e. The molecular formula is C25H23ClN4O3S. The number of para-hydroxylation sites is 1. The number of nitrogens with one attached hydrogen (secondary N) is 1. The molecular weight excluding hydrogens is 472 g/mol. The van der Waals surface area contributed by atoms with Crippen LogP contribution in [0.4, 0.5) is 5.69 Å². The number of carbonyl (C=O) groups excluding carboxylic acids is 1. The van der Waals surface area contributed by atoms with Crippen LogP contribution in [0.15, 0.2) is 84.0 Å². The van der Waals surface area contributed by atoms with Gasteiger partial charge in [0, 0.05) is 16.4 Å². The van der Waals surface area contributed by atoms with Gasteiger partial charge in [-0.3, -0.25) is 9.36 Å². The molecule has 3 aromatic carbocycles. The second-order valence-electron chi connectivity index (χ2n) is 7.11. The Morgan fingerprint density at radius 1 is 0.971 bits per heavy atom. The predicted molar refractivity (Wildman–Crippen MR) is 134 cm³/mol. The summed E-state index contributed by atoms with van der Waals surface area (Å²) in [4.78, 5) is 12.5. The standard InChI is InChI=1S/C25H23ClN4O3S/c1-2-32-22-13-11-20(12-14-22)30-23(16-33-21-9-4-3-5-10-21)28-29-25(30)34-17-24(31)27-19-8-6-7-18(26)15-19/h3-15H,2,16-17H2,1H3,(H,27,31). The molecule has 0 saturated carbocycles. The van der Waals surface area contributed by atoms with Crippen molar-refractivity contribution in [1.29, 1.82) is 0 Å². The third kappa shape index (κ3) is 6.30. The number of hydrogen-bond donors (Lipinski definition) is 1. The summed E-state index contributed by atoms with van der Waals surface area (Å²) in [5.74, 6) is 2.11. The molecule has 1 heterocycles. The molecule has 174 valence electrons. The fourth-order valence-corrected chi connectivity index (χ4v) is 4.12.